The molecule has 1 unspecified atom stereocenters. The van der Waals surface area contributed by atoms with Crippen LogP contribution in [-0.4, -0.2) is 29.8 Å². The van der Waals surface area contributed by atoms with Crippen LogP contribution in [0, 0.1) is 11.6 Å². The van der Waals surface area contributed by atoms with Gasteiger partial charge in [-0.05, 0) is 13.3 Å². The minimum Gasteiger partial charge on any atom is -0.393 e. The van der Waals surface area contributed by atoms with Crippen LogP contribution in [0.25, 0.3) is 0 Å². The number of aromatic nitrogens is 1. The molecule has 1 heterocycles. The molecular weight excluding hydrogens is 216 g/mol. The van der Waals surface area contributed by atoms with Gasteiger partial charge in [0.25, 0.3) is 0 Å². The van der Waals surface area contributed by atoms with E-state index in [-0.39, 0.29) is 11.6 Å². The lowest BCUT2D eigenvalue weighted by molar-refractivity contribution is 0.186. The summed E-state index contributed by atoms with van der Waals surface area (Å²) in [7, 11) is 1.60. The Bertz CT molecular complexity index is 371. The first-order chi connectivity index (χ1) is 7.41. The lowest BCUT2D eigenvalue weighted by Crippen LogP contribution is -2.24. The topological polar surface area (TPSA) is 62.4 Å². The van der Waals surface area contributed by atoms with Gasteiger partial charge in [0, 0.05) is 19.7 Å². The summed E-state index contributed by atoms with van der Waals surface area (Å²) >= 11 is 0. The fourth-order valence-corrected chi connectivity index (χ4v) is 1.22. The number of anilines is 2. The van der Waals surface area contributed by atoms with Crippen molar-refractivity contribution in [3.63, 3.8) is 0 Å². The second-order valence-electron chi connectivity index (χ2n) is 3.72. The third-order valence-electron chi connectivity index (χ3n) is 2.18. The van der Waals surface area contributed by atoms with E-state index in [1.54, 1.807) is 14.0 Å². The van der Waals surface area contributed by atoms with Gasteiger partial charge >= 0.3 is 0 Å². The SMILES string of the molecule is CC(O)CCN(C)c1nc(N)c(F)cc1F. The lowest BCUT2D eigenvalue weighted by atomic mass is 10.2. The fourth-order valence-electron chi connectivity index (χ4n) is 1.22. The van der Waals surface area contributed by atoms with Crippen molar-refractivity contribution in [1.82, 2.24) is 4.98 Å². The summed E-state index contributed by atoms with van der Waals surface area (Å²) in [5.74, 6) is -1.98. The van der Waals surface area contributed by atoms with Gasteiger partial charge in [0.1, 0.15) is 0 Å². The highest BCUT2D eigenvalue weighted by Crippen LogP contribution is 2.19. The van der Waals surface area contributed by atoms with E-state index in [4.69, 9.17) is 10.8 Å². The number of aliphatic hydroxyl groups is 1. The first-order valence-electron chi connectivity index (χ1n) is 4.92. The number of halogens is 2. The second kappa shape index (κ2) is 5.07. The molecule has 0 aliphatic rings. The van der Waals surface area contributed by atoms with Gasteiger partial charge < -0.3 is 15.7 Å². The molecule has 0 amide bonds. The molecule has 1 aromatic heterocycles. The molecule has 0 fully saturated rings. The van der Waals surface area contributed by atoms with Crippen LogP contribution in [0.2, 0.25) is 0 Å². The number of nitrogen functional groups attached to an aromatic ring is 1. The average molecular weight is 231 g/mol. The highest BCUT2D eigenvalue weighted by molar-refractivity contribution is 5.46. The number of hydrogen-bond donors (Lipinski definition) is 2. The number of nitrogens with two attached hydrogens (primary N) is 1. The van der Waals surface area contributed by atoms with Gasteiger partial charge in [-0.15, -0.1) is 0 Å². The van der Waals surface area contributed by atoms with E-state index < -0.39 is 17.7 Å². The smallest absolute Gasteiger partial charge is 0.168 e. The summed E-state index contributed by atoms with van der Waals surface area (Å²) in [4.78, 5) is 5.11. The molecule has 3 N–H and O–H groups in total. The zero-order chi connectivity index (χ0) is 12.3. The van der Waals surface area contributed by atoms with Gasteiger partial charge in [0.15, 0.2) is 23.3 Å². The standard InChI is InChI=1S/C10H15F2N3O/c1-6(16)3-4-15(2)10-8(12)5-7(11)9(13)14-10/h5-6,16H,3-4H2,1-2H3,(H2,13,14). The predicted molar refractivity (Wildman–Crippen MR) is 58.1 cm³/mol. The summed E-state index contributed by atoms with van der Waals surface area (Å²) in [5.41, 5.74) is 5.25. The Balaban J connectivity index is 2.82. The van der Waals surface area contributed by atoms with Crippen molar-refractivity contribution in [2.24, 2.45) is 0 Å². The normalized spacial score (nSPS) is 12.6. The molecule has 0 aromatic carbocycles. The van der Waals surface area contributed by atoms with Gasteiger partial charge in [-0.25, -0.2) is 13.8 Å². The van der Waals surface area contributed by atoms with Crippen LogP contribution in [0.3, 0.4) is 0 Å². The molecule has 0 saturated heterocycles. The highest BCUT2D eigenvalue weighted by atomic mass is 19.1. The van der Waals surface area contributed by atoms with Crippen LogP contribution >= 0.6 is 0 Å². The Hall–Kier alpha value is -1.43. The number of hydrogen-bond acceptors (Lipinski definition) is 4. The Morgan fingerprint density at radius 1 is 1.50 bits per heavy atom. The van der Waals surface area contributed by atoms with Gasteiger partial charge in [-0.3, -0.25) is 0 Å². The van der Waals surface area contributed by atoms with Crippen molar-refractivity contribution < 1.29 is 13.9 Å². The van der Waals surface area contributed by atoms with E-state index in [1.807, 2.05) is 0 Å². The minimum atomic E-state index is -0.870. The Labute approximate surface area is 92.7 Å². The molecule has 16 heavy (non-hydrogen) atoms. The molecule has 0 saturated carbocycles. The van der Waals surface area contributed by atoms with Crippen molar-refractivity contribution >= 4 is 11.6 Å². The van der Waals surface area contributed by atoms with Crippen molar-refractivity contribution in [2.75, 3.05) is 24.2 Å². The van der Waals surface area contributed by atoms with Crippen LogP contribution in [0.5, 0.6) is 0 Å². The first kappa shape index (κ1) is 12.6. The minimum absolute atomic E-state index is 0.0143. The molecule has 0 spiro atoms. The molecule has 4 nitrogen and oxygen atoms in total. The van der Waals surface area contributed by atoms with Crippen LogP contribution in [-0.2, 0) is 0 Å². The van der Waals surface area contributed by atoms with Gasteiger partial charge in [-0.2, -0.15) is 0 Å². The third kappa shape index (κ3) is 3.03. The molecule has 90 valence electrons. The van der Waals surface area contributed by atoms with Crippen molar-refractivity contribution in [3.8, 4) is 0 Å². The monoisotopic (exact) mass is 231 g/mol. The van der Waals surface area contributed by atoms with Crippen LogP contribution in [0.1, 0.15) is 13.3 Å². The van der Waals surface area contributed by atoms with Crippen LogP contribution < -0.4 is 10.6 Å². The van der Waals surface area contributed by atoms with E-state index in [0.29, 0.717) is 19.0 Å². The third-order valence-corrected chi connectivity index (χ3v) is 2.18. The van der Waals surface area contributed by atoms with Crippen molar-refractivity contribution in [3.05, 3.63) is 17.7 Å². The molecular formula is C10H15F2N3O. The molecule has 0 radical (unpaired) electrons. The Morgan fingerprint density at radius 2 is 2.12 bits per heavy atom. The number of aliphatic hydroxyl groups excluding tert-OH is 1. The van der Waals surface area contributed by atoms with E-state index in [2.05, 4.69) is 4.98 Å². The van der Waals surface area contributed by atoms with Crippen molar-refractivity contribution in [1.29, 1.82) is 0 Å². The number of nitrogens with zero attached hydrogens (tertiary/aromatic N) is 2. The largest absolute Gasteiger partial charge is 0.393 e. The van der Waals surface area contributed by atoms with E-state index in [0.717, 1.165) is 0 Å². The van der Waals surface area contributed by atoms with Crippen molar-refractivity contribution in [2.45, 2.75) is 19.4 Å². The maximum Gasteiger partial charge on any atom is 0.168 e. The molecule has 1 rings (SSSR count). The number of rotatable bonds is 4. The molecule has 0 aliphatic carbocycles. The molecule has 0 aliphatic heterocycles. The predicted octanol–water partition coefficient (Wildman–Crippen LogP) is 1.15. The molecule has 1 atom stereocenters. The van der Waals surface area contributed by atoms with Crippen LogP contribution in [0.4, 0.5) is 20.4 Å². The zero-order valence-corrected chi connectivity index (χ0v) is 9.24. The van der Waals surface area contributed by atoms with E-state index in [1.165, 1.54) is 4.90 Å². The fraction of sp³-hybridized carbons (Fsp3) is 0.500. The Morgan fingerprint density at radius 3 is 2.69 bits per heavy atom. The lowest BCUT2D eigenvalue weighted by Gasteiger charge is -2.19. The highest BCUT2D eigenvalue weighted by Gasteiger charge is 2.13. The van der Waals surface area contributed by atoms with E-state index >= 15 is 0 Å². The molecule has 1 aromatic rings. The van der Waals surface area contributed by atoms with Crippen LogP contribution in [0.15, 0.2) is 6.07 Å². The molecule has 0 bridgehead atoms. The maximum atomic E-state index is 13.3. The first-order valence-corrected chi connectivity index (χ1v) is 4.92. The van der Waals surface area contributed by atoms with Gasteiger partial charge in [0.05, 0.1) is 6.10 Å². The summed E-state index contributed by atoms with van der Waals surface area (Å²) in [6.07, 6.45) is -0.0159. The summed E-state index contributed by atoms with van der Waals surface area (Å²) in [5, 5.41) is 9.09. The second-order valence-corrected chi connectivity index (χ2v) is 3.72. The summed E-state index contributed by atoms with van der Waals surface area (Å²) in [6.45, 7) is 2.04. The van der Waals surface area contributed by atoms with E-state index in [9.17, 15) is 8.78 Å². The average Bonchev–Trinajstić information content (AvgIpc) is 2.20. The summed E-state index contributed by atoms with van der Waals surface area (Å²) in [6, 6.07) is 0.705. The molecule has 6 heteroatoms. The van der Waals surface area contributed by atoms with Gasteiger partial charge in [-0.1, -0.05) is 0 Å². The van der Waals surface area contributed by atoms with Gasteiger partial charge in [0.2, 0.25) is 0 Å². The Kier molecular flexibility index (Phi) is 4.00. The summed E-state index contributed by atoms with van der Waals surface area (Å²) < 4.78 is 26.2. The maximum absolute atomic E-state index is 13.3. The zero-order valence-electron chi connectivity index (χ0n) is 9.24. The quantitative estimate of drug-likeness (QED) is 0.816. The number of pyridine rings is 1.